The minimum absolute atomic E-state index is 0.130. The molecule has 1 aliphatic heterocycles. The van der Waals surface area contributed by atoms with Crippen LogP contribution < -0.4 is 10.1 Å². The standard InChI is InChI=1S/C13H16N2O5/c1-19-13(16)9-4-5-12(11(7-9)15(17)18)20-8-10-3-2-6-14-10/h4-5,7,10,14H,2-3,6,8H2,1H3. The summed E-state index contributed by atoms with van der Waals surface area (Å²) in [5, 5.41) is 14.3. The van der Waals surface area contributed by atoms with E-state index in [0.29, 0.717) is 6.61 Å². The third-order valence-electron chi connectivity index (χ3n) is 3.18. The van der Waals surface area contributed by atoms with Crippen LogP contribution in [-0.2, 0) is 4.74 Å². The van der Waals surface area contributed by atoms with E-state index < -0.39 is 10.9 Å². The van der Waals surface area contributed by atoms with Crippen LogP contribution in [0.5, 0.6) is 5.75 Å². The van der Waals surface area contributed by atoms with Crippen LogP contribution in [0.3, 0.4) is 0 Å². The molecule has 0 bridgehead atoms. The number of methoxy groups -OCH3 is 1. The van der Waals surface area contributed by atoms with Gasteiger partial charge in [0.25, 0.3) is 0 Å². The van der Waals surface area contributed by atoms with Gasteiger partial charge in [-0.15, -0.1) is 0 Å². The van der Waals surface area contributed by atoms with Crippen LogP contribution in [0.2, 0.25) is 0 Å². The average molecular weight is 280 g/mol. The molecule has 0 saturated carbocycles. The summed E-state index contributed by atoms with van der Waals surface area (Å²) in [6.45, 7) is 1.32. The summed E-state index contributed by atoms with van der Waals surface area (Å²) in [5.41, 5.74) is -0.101. The van der Waals surface area contributed by atoms with E-state index in [4.69, 9.17) is 4.74 Å². The lowest BCUT2D eigenvalue weighted by Crippen LogP contribution is -2.28. The molecule has 0 spiro atoms. The van der Waals surface area contributed by atoms with Crippen LogP contribution in [0.4, 0.5) is 5.69 Å². The molecule has 1 aliphatic rings. The Balaban J connectivity index is 2.14. The van der Waals surface area contributed by atoms with Crippen LogP contribution >= 0.6 is 0 Å². The maximum absolute atomic E-state index is 11.4. The van der Waals surface area contributed by atoms with Crippen molar-refractivity contribution in [2.24, 2.45) is 0 Å². The number of ether oxygens (including phenoxy) is 2. The van der Waals surface area contributed by atoms with Gasteiger partial charge in [-0.05, 0) is 31.5 Å². The molecule has 1 unspecified atom stereocenters. The number of carbonyl (C=O) groups excluding carboxylic acids is 1. The first-order valence-corrected chi connectivity index (χ1v) is 6.34. The van der Waals surface area contributed by atoms with Gasteiger partial charge in [0, 0.05) is 12.1 Å². The van der Waals surface area contributed by atoms with E-state index in [2.05, 4.69) is 10.1 Å². The van der Waals surface area contributed by atoms with Gasteiger partial charge >= 0.3 is 11.7 Å². The summed E-state index contributed by atoms with van der Waals surface area (Å²) in [5.74, 6) is -0.450. The molecule has 1 saturated heterocycles. The zero-order valence-electron chi connectivity index (χ0n) is 11.1. The largest absolute Gasteiger partial charge is 0.485 e. The first kappa shape index (κ1) is 14.3. The molecular formula is C13H16N2O5. The number of carbonyl (C=O) groups is 1. The Morgan fingerprint density at radius 1 is 1.55 bits per heavy atom. The molecule has 20 heavy (non-hydrogen) atoms. The number of nitrogens with one attached hydrogen (secondary N) is 1. The van der Waals surface area contributed by atoms with Crippen molar-refractivity contribution in [3.63, 3.8) is 0 Å². The minimum atomic E-state index is -0.614. The van der Waals surface area contributed by atoms with E-state index in [1.807, 2.05) is 0 Å². The molecule has 108 valence electrons. The number of nitrogens with zero attached hydrogens (tertiary/aromatic N) is 1. The Labute approximate surface area is 116 Å². The van der Waals surface area contributed by atoms with E-state index in [0.717, 1.165) is 19.4 Å². The number of nitro benzene ring substituents is 1. The minimum Gasteiger partial charge on any atom is -0.485 e. The fraction of sp³-hybridized carbons (Fsp3) is 0.462. The van der Waals surface area contributed by atoms with Crippen molar-refractivity contribution in [3.05, 3.63) is 33.9 Å². The second-order valence-electron chi connectivity index (χ2n) is 4.54. The average Bonchev–Trinajstić information content (AvgIpc) is 2.97. The lowest BCUT2D eigenvalue weighted by atomic mass is 10.2. The molecular weight excluding hydrogens is 264 g/mol. The highest BCUT2D eigenvalue weighted by atomic mass is 16.6. The quantitative estimate of drug-likeness (QED) is 0.499. The van der Waals surface area contributed by atoms with Crippen LogP contribution in [-0.4, -0.2) is 37.2 Å². The van der Waals surface area contributed by atoms with Crippen LogP contribution in [0, 0.1) is 10.1 Å². The number of hydrogen-bond donors (Lipinski definition) is 1. The first-order valence-electron chi connectivity index (χ1n) is 6.34. The Kier molecular flexibility index (Phi) is 4.52. The monoisotopic (exact) mass is 280 g/mol. The molecule has 1 atom stereocenters. The molecule has 2 rings (SSSR count). The zero-order chi connectivity index (χ0) is 14.5. The van der Waals surface area contributed by atoms with Gasteiger partial charge in [-0.1, -0.05) is 0 Å². The summed E-state index contributed by atoms with van der Waals surface area (Å²) in [6.07, 6.45) is 2.07. The molecule has 1 heterocycles. The summed E-state index contributed by atoms with van der Waals surface area (Å²) < 4.78 is 10.0. The number of nitro groups is 1. The highest BCUT2D eigenvalue weighted by Crippen LogP contribution is 2.28. The van der Waals surface area contributed by atoms with Crippen molar-refractivity contribution in [3.8, 4) is 5.75 Å². The molecule has 7 heteroatoms. The molecule has 1 aromatic carbocycles. The number of hydrogen-bond acceptors (Lipinski definition) is 6. The lowest BCUT2D eigenvalue weighted by molar-refractivity contribution is -0.385. The third kappa shape index (κ3) is 3.24. The van der Waals surface area contributed by atoms with Gasteiger partial charge < -0.3 is 14.8 Å². The van der Waals surface area contributed by atoms with Gasteiger partial charge in [0.2, 0.25) is 0 Å². The highest BCUT2D eigenvalue weighted by Gasteiger charge is 2.21. The molecule has 0 amide bonds. The Morgan fingerprint density at radius 3 is 2.95 bits per heavy atom. The predicted octanol–water partition coefficient (Wildman–Crippen LogP) is 1.51. The van der Waals surface area contributed by atoms with Crippen molar-refractivity contribution in [1.82, 2.24) is 5.32 Å². The van der Waals surface area contributed by atoms with Crippen LogP contribution in [0.1, 0.15) is 23.2 Å². The smallest absolute Gasteiger partial charge is 0.338 e. The Hall–Kier alpha value is -2.15. The molecule has 0 aliphatic carbocycles. The SMILES string of the molecule is COC(=O)c1ccc(OCC2CCCN2)c([N+](=O)[O-])c1. The fourth-order valence-corrected chi connectivity index (χ4v) is 2.12. The van der Waals surface area contributed by atoms with Crippen molar-refractivity contribution in [1.29, 1.82) is 0 Å². The van der Waals surface area contributed by atoms with Crippen molar-refractivity contribution >= 4 is 11.7 Å². The first-order chi connectivity index (χ1) is 9.61. The Morgan fingerprint density at radius 2 is 2.35 bits per heavy atom. The molecule has 1 fully saturated rings. The summed E-state index contributed by atoms with van der Waals surface area (Å²) in [7, 11) is 1.23. The van der Waals surface area contributed by atoms with E-state index in [1.54, 1.807) is 0 Å². The van der Waals surface area contributed by atoms with Gasteiger partial charge in [-0.2, -0.15) is 0 Å². The summed E-state index contributed by atoms with van der Waals surface area (Å²) in [4.78, 5) is 21.8. The van der Waals surface area contributed by atoms with E-state index in [-0.39, 0.29) is 23.0 Å². The maximum Gasteiger partial charge on any atom is 0.338 e. The van der Waals surface area contributed by atoms with E-state index >= 15 is 0 Å². The van der Waals surface area contributed by atoms with Crippen molar-refractivity contribution in [2.75, 3.05) is 20.3 Å². The number of rotatable bonds is 5. The predicted molar refractivity (Wildman–Crippen MR) is 71.0 cm³/mol. The second-order valence-corrected chi connectivity index (χ2v) is 4.54. The lowest BCUT2D eigenvalue weighted by Gasteiger charge is -2.12. The Bertz CT molecular complexity index is 511. The molecule has 1 N–H and O–H groups in total. The highest BCUT2D eigenvalue weighted by molar-refractivity contribution is 5.90. The topological polar surface area (TPSA) is 90.7 Å². The van der Waals surface area contributed by atoms with E-state index in [9.17, 15) is 14.9 Å². The van der Waals surface area contributed by atoms with E-state index in [1.165, 1.54) is 25.3 Å². The van der Waals surface area contributed by atoms with Gasteiger partial charge in [-0.3, -0.25) is 10.1 Å². The van der Waals surface area contributed by atoms with Gasteiger partial charge in [0.1, 0.15) is 6.61 Å². The van der Waals surface area contributed by atoms with Crippen LogP contribution in [0.25, 0.3) is 0 Å². The third-order valence-corrected chi connectivity index (χ3v) is 3.18. The maximum atomic E-state index is 11.4. The van der Waals surface area contributed by atoms with Gasteiger partial charge in [0.05, 0.1) is 17.6 Å². The molecule has 0 radical (unpaired) electrons. The molecule has 0 aromatic heterocycles. The normalized spacial score (nSPS) is 17.8. The summed E-state index contributed by atoms with van der Waals surface area (Å²) in [6, 6.07) is 4.27. The van der Waals surface area contributed by atoms with Gasteiger partial charge in [0.15, 0.2) is 5.75 Å². The molecule has 7 nitrogen and oxygen atoms in total. The second kappa shape index (κ2) is 6.33. The fourth-order valence-electron chi connectivity index (χ4n) is 2.12. The summed E-state index contributed by atoms with van der Waals surface area (Å²) >= 11 is 0. The number of esters is 1. The zero-order valence-corrected chi connectivity index (χ0v) is 11.1. The molecule has 1 aromatic rings. The van der Waals surface area contributed by atoms with Crippen molar-refractivity contribution in [2.45, 2.75) is 18.9 Å². The number of benzene rings is 1. The van der Waals surface area contributed by atoms with Gasteiger partial charge in [-0.25, -0.2) is 4.79 Å². The van der Waals surface area contributed by atoms with Crippen LogP contribution in [0.15, 0.2) is 18.2 Å². The van der Waals surface area contributed by atoms with Crippen molar-refractivity contribution < 1.29 is 19.2 Å².